The number of nitrogens with one attached hydrogen (secondary N) is 1. The minimum atomic E-state index is -0.452. The van der Waals surface area contributed by atoms with Crippen LogP contribution < -0.4 is 5.32 Å². The van der Waals surface area contributed by atoms with Crippen LogP contribution >= 0.6 is 22.7 Å². The minimum Gasteiger partial charge on any atom is -0.456 e. The Kier molecular flexibility index (Phi) is 5.79. The van der Waals surface area contributed by atoms with Crippen molar-refractivity contribution in [3.63, 3.8) is 0 Å². The number of carbonyl (C=O) groups is 2. The molecular weight excluding hydrogens is 322 g/mol. The highest BCUT2D eigenvalue weighted by Crippen LogP contribution is 2.12. The summed E-state index contributed by atoms with van der Waals surface area (Å²) >= 11 is 2.89. The highest BCUT2D eigenvalue weighted by atomic mass is 32.1. The first-order valence-electron chi connectivity index (χ1n) is 6.47. The van der Waals surface area contributed by atoms with Crippen LogP contribution in [0.4, 0.5) is 0 Å². The van der Waals surface area contributed by atoms with Crippen molar-refractivity contribution in [1.82, 2.24) is 15.3 Å². The topological polar surface area (TPSA) is 81.2 Å². The van der Waals surface area contributed by atoms with Crippen LogP contribution in [0.3, 0.4) is 0 Å². The van der Waals surface area contributed by atoms with Crippen molar-refractivity contribution in [2.45, 2.75) is 20.0 Å². The molecule has 2 aromatic heterocycles. The van der Waals surface area contributed by atoms with Gasteiger partial charge in [0, 0.05) is 23.9 Å². The van der Waals surface area contributed by atoms with Crippen molar-refractivity contribution < 1.29 is 14.3 Å². The molecule has 6 nitrogen and oxygen atoms in total. The minimum absolute atomic E-state index is 0.0868. The highest BCUT2D eigenvalue weighted by Gasteiger charge is 2.08. The molecule has 0 aromatic carbocycles. The number of rotatable bonds is 6. The number of hydrogen-bond acceptors (Lipinski definition) is 7. The summed E-state index contributed by atoms with van der Waals surface area (Å²) in [6.45, 7) is 1.99. The van der Waals surface area contributed by atoms with E-state index in [2.05, 4.69) is 15.3 Å². The molecule has 8 heteroatoms. The van der Waals surface area contributed by atoms with Gasteiger partial charge in [-0.25, -0.2) is 14.8 Å². The monoisotopic (exact) mass is 337 g/mol. The second kappa shape index (κ2) is 7.81. The van der Waals surface area contributed by atoms with Crippen LogP contribution in [0, 0.1) is 6.92 Å². The van der Waals surface area contributed by atoms with Crippen molar-refractivity contribution in [3.8, 4) is 0 Å². The summed E-state index contributed by atoms with van der Waals surface area (Å²) in [4.78, 5) is 31.3. The van der Waals surface area contributed by atoms with E-state index in [1.165, 1.54) is 28.7 Å². The van der Waals surface area contributed by atoms with Gasteiger partial charge in [0.2, 0.25) is 5.91 Å². The van der Waals surface area contributed by atoms with Crippen LogP contribution in [0.5, 0.6) is 0 Å². The maximum atomic E-state index is 11.6. The number of aryl methyl sites for hydroxylation is 1. The molecule has 0 aliphatic rings. The number of amides is 1. The summed E-state index contributed by atoms with van der Waals surface area (Å²) in [5.41, 5.74) is 1.37. The zero-order valence-corrected chi connectivity index (χ0v) is 13.8. The highest BCUT2D eigenvalue weighted by molar-refractivity contribution is 7.10. The molecule has 0 fully saturated rings. The Morgan fingerprint density at radius 3 is 2.82 bits per heavy atom. The van der Waals surface area contributed by atoms with Gasteiger partial charge in [0.15, 0.2) is 0 Å². The molecule has 0 saturated carbocycles. The van der Waals surface area contributed by atoms with E-state index in [9.17, 15) is 9.59 Å². The van der Waals surface area contributed by atoms with Gasteiger partial charge in [0.1, 0.15) is 11.6 Å². The Morgan fingerprint density at radius 2 is 2.14 bits per heavy atom. The molecule has 22 heavy (non-hydrogen) atoms. The van der Waals surface area contributed by atoms with Gasteiger partial charge in [-0.2, -0.15) is 0 Å². The third-order valence-corrected chi connectivity index (χ3v) is 4.27. The lowest BCUT2D eigenvalue weighted by atomic mass is 10.4. The lowest BCUT2D eigenvalue weighted by Crippen LogP contribution is -2.19. The predicted octanol–water partition coefficient (Wildman–Crippen LogP) is 1.95. The molecule has 1 amide bonds. The second-order valence-corrected chi connectivity index (χ2v) is 6.32. The Balaban J connectivity index is 1.81. The fraction of sp³-hybridized carbons (Fsp3) is 0.286. The van der Waals surface area contributed by atoms with Gasteiger partial charge in [0.05, 0.1) is 22.8 Å². The average Bonchev–Trinajstić information content (AvgIpc) is 3.12. The number of carbonyl (C=O) groups excluding carboxylic acids is 2. The molecule has 2 heterocycles. The summed E-state index contributed by atoms with van der Waals surface area (Å²) in [6, 6.07) is 0. The molecule has 0 radical (unpaired) electrons. The standard InChI is InChI=1S/C14H15N3O3S2/c1-9-16-10(7-21-9)3-4-14(19)20-6-11-8-22-13(17-11)5-12(18)15-2/h3-4,7-8H,5-6H2,1-2H3,(H,15,18)/b4-3+. The molecular formula is C14H15N3O3S2. The first kappa shape index (κ1) is 16.3. The molecule has 116 valence electrons. The van der Waals surface area contributed by atoms with Crippen LogP contribution in [-0.2, 0) is 27.4 Å². The Labute approximate surface area is 135 Å². The van der Waals surface area contributed by atoms with Crippen LogP contribution in [0.25, 0.3) is 6.08 Å². The molecule has 2 rings (SSSR count). The Hall–Kier alpha value is -2.06. The normalized spacial score (nSPS) is 10.8. The SMILES string of the molecule is CNC(=O)Cc1nc(COC(=O)/C=C/c2csc(C)n2)cs1. The van der Waals surface area contributed by atoms with Crippen molar-refractivity contribution >= 4 is 40.6 Å². The van der Waals surface area contributed by atoms with Crippen LogP contribution in [-0.4, -0.2) is 28.9 Å². The second-order valence-electron chi connectivity index (χ2n) is 4.31. The number of esters is 1. The van der Waals surface area contributed by atoms with Crippen molar-refractivity contribution in [1.29, 1.82) is 0 Å². The molecule has 0 spiro atoms. The third kappa shape index (κ3) is 5.05. The van der Waals surface area contributed by atoms with Gasteiger partial charge in [0.25, 0.3) is 0 Å². The van der Waals surface area contributed by atoms with Crippen molar-refractivity contribution in [3.05, 3.63) is 38.2 Å². The lowest BCUT2D eigenvalue weighted by molar-refractivity contribution is -0.139. The molecule has 0 atom stereocenters. The largest absolute Gasteiger partial charge is 0.456 e. The summed E-state index contributed by atoms with van der Waals surface area (Å²) < 4.78 is 5.09. The van der Waals surface area contributed by atoms with Gasteiger partial charge >= 0.3 is 5.97 Å². The Bertz CT molecular complexity index is 691. The third-order valence-electron chi connectivity index (χ3n) is 2.58. The molecule has 0 bridgehead atoms. The Morgan fingerprint density at radius 1 is 1.32 bits per heavy atom. The van der Waals surface area contributed by atoms with E-state index in [0.717, 1.165) is 10.7 Å². The fourth-order valence-electron chi connectivity index (χ4n) is 1.53. The van der Waals surface area contributed by atoms with Crippen LogP contribution in [0.15, 0.2) is 16.8 Å². The maximum absolute atomic E-state index is 11.6. The van der Waals surface area contributed by atoms with Gasteiger partial charge in [-0.05, 0) is 13.0 Å². The van der Waals surface area contributed by atoms with Gasteiger partial charge in [-0.1, -0.05) is 0 Å². The number of thiazole rings is 2. The summed E-state index contributed by atoms with van der Waals surface area (Å²) in [7, 11) is 1.58. The van der Waals surface area contributed by atoms with Gasteiger partial charge in [-0.15, -0.1) is 22.7 Å². The lowest BCUT2D eigenvalue weighted by Gasteiger charge is -1.98. The van der Waals surface area contributed by atoms with E-state index in [-0.39, 0.29) is 18.9 Å². The number of nitrogens with zero attached hydrogens (tertiary/aromatic N) is 2. The van der Waals surface area contributed by atoms with Gasteiger partial charge in [-0.3, -0.25) is 4.79 Å². The molecule has 0 saturated heterocycles. The van der Waals surface area contributed by atoms with Crippen molar-refractivity contribution in [2.75, 3.05) is 7.05 Å². The molecule has 2 aromatic rings. The van der Waals surface area contributed by atoms with E-state index in [1.807, 2.05) is 12.3 Å². The summed E-state index contributed by atoms with van der Waals surface area (Å²) in [5, 5.41) is 7.81. The molecule has 0 unspecified atom stereocenters. The first-order valence-corrected chi connectivity index (χ1v) is 8.23. The van der Waals surface area contributed by atoms with E-state index in [0.29, 0.717) is 10.7 Å². The van der Waals surface area contributed by atoms with Crippen LogP contribution in [0.2, 0.25) is 0 Å². The van der Waals surface area contributed by atoms with Crippen LogP contribution in [0.1, 0.15) is 21.4 Å². The van der Waals surface area contributed by atoms with E-state index in [4.69, 9.17) is 4.74 Å². The smallest absolute Gasteiger partial charge is 0.331 e. The number of likely N-dealkylation sites (N-methyl/N-ethyl adjacent to an activating group) is 1. The van der Waals surface area contributed by atoms with Gasteiger partial charge < -0.3 is 10.1 Å². The summed E-state index contributed by atoms with van der Waals surface area (Å²) in [6.07, 6.45) is 3.19. The van der Waals surface area contributed by atoms with E-state index < -0.39 is 5.97 Å². The number of ether oxygens (including phenoxy) is 1. The maximum Gasteiger partial charge on any atom is 0.331 e. The number of hydrogen-bond donors (Lipinski definition) is 1. The quantitative estimate of drug-likeness (QED) is 0.644. The summed E-state index contributed by atoms with van der Waals surface area (Å²) in [5.74, 6) is -0.550. The molecule has 1 N–H and O–H groups in total. The zero-order valence-electron chi connectivity index (χ0n) is 12.2. The average molecular weight is 337 g/mol. The number of aromatic nitrogens is 2. The van der Waals surface area contributed by atoms with E-state index in [1.54, 1.807) is 18.5 Å². The van der Waals surface area contributed by atoms with E-state index >= 15 is 0 Å². The fourth-order valence-corrected chi connectivity index (χ4v) is 2.88. The van der Waals surface area contributed by atoms with Crippen molar-refractivity contribution in [2.24, 2.45) is 0 Å². The molecule has 0 aliphatic heterocycles. The predicted molar refractivity (Wildman–Crippen MR) is 85.6 cm³/mol. The zero-order chi connectivity index (χ0) is 15.9. The first-order chi connectivity index (χ1) is 10.6. The molecule has 0 aliphatic carbocycles.